The molecule has 0 aliphatic carbocycles. The van der Waals surface area contributed by atoms with Crippen molar-refractivity contribution < 1.29 is 4.74 Å². The third-order valence-corrected chi connectivity index (χ3v) is 4.79. The quantitative estimate of drug-likeness (QED) is 0.759. The normalized spacial score (nSPS) is 17.7. The topological polar surface area (TPSA) is 81.0 Å². The molecule has 1 aliphatic heterocycles. The molecule has 0 spiro atoms. The van der Waals surface area contributed by atoms with Crippen LogP contribution in [0.1, 0.15) is 32.6 Å². The maximum atomic E-state index is 5.50. The third-order valence-electron chi connectivity index (χ3n) is 4.79. The summed E-state index contributed by atoms with van der Waals surface area (Å²) in [6.07, 6.45) is 3.57. The van der Waals surface area contributed by atoms with E-state index in [0.29, 0.717) is 25.2 Å². The lowest BCUT2D eigenvalue weighted by atomic mass is 10.3. The Labute approximate surface area is 158 Å². The highest BCUT2D eigenvalue weighted by molar-refractivity contribution is 5.79. The van der Waals surface area contributed by atoms with Crippen LogP contribution in [0.2, 0.25) is 0 Å². The fraction of sp³-hybridized carbons (Fsp3) is 0.474. The number of hydrogen-bond acceptors (Lipinski definition) is 7. The van der Waals surface area contributed by atoms with Crippen molar-refractivity contribution in [1.29, 1.82) is 0 Å². The van der Waals surface area contributed by atoms with E-state index in [1.165, 1.54) is 0 Å². The second kappa shape index (κ2) is 7.11. The largest absolute Gasteiger partial charge is 0.377 e. The number of pyridine rings is 1. The summed E-state index contributed by atoms with van der Waals surface area (Å²) < 4.78 is 7.71. The molecular weight excluding hydrogens is 342 g/mol. The van der Waals surface area contributed by atoms with Crippen LogP contribution < -0.4 is 10.2 Å². The predicted molar refractivity (Wildman–Crippen MR) is 106 cm³/mol. The molecule has 3 aromatic heterocycles. The van der Waals surface area contributed by atoms with Crippen molar-refractivity contribution in [1.82, 2.24) is 24.5 Å². The smallest absolute Gasteiger partial charge is 0.227 e. The molecule has 0 amide bonds. The lowest BCUT2D eigenvalue weighted by Gasteiger charge is -2.33. The molecule has 1 N–H and O–H groups in total. The van der Waals surface area contributed by atoms with E-state index in [4.69, 9.17) is 4.74 Å². The molecule has 1 atom stereocenters. The van der Waals surface area contributed by atoms with Gasteiger partial charge in [0.25, 0.3) is 0 Å². The van der Waals surface area contributed by atoms with Crippen molar-refractivity contribution in [3.8, 4) is 0 Å². The Balaban J connectivity index is 1.62. The van der Waals surface area contributed by atoms with Crippen LogP contribution in [-0.2, 0) is 4.74 Å². The summed E-state index contributed by atoms with van der Waals surface area (Å²) in [6.45, 7) is 10.6. The fourth-order valence-electron chi connectivity index (χ4n) is 3.55. The van der Waals surface area contributed by atoms with E-state index in [2.05, 4.69) is 55.5 Å². The van der Waals surface area contributed by atoms with E-state index in [1.807, 2.05) is 19.1 Å². The molecule has 1 aliphatic rings. The average Bonchev–Trinajstić information content (AvgIpc) is 2.97. The number of morpholine rings is 1. The zero-order valence-electron chi connectivity index (χ0n) is 16.2. The van der Waals surface area contributed by atoms with Gasteiger partial charge in [0.05, 0.1) is 31.0 Å². The van der Waals surface area contributed by atoms with Gasteiger partial charge in [-0.2, -0.15) is 4.98 Å². The minimum absolute atomic E-state index is 0.256. The van der Waals surface area contributed by atoms with E-state index >= 15 is 0 Å². The first-order valence-electron chi connectivity index (χ1n) is 9.32. The van der Waals surface area contributed by atoms with Gasteiger partial charge in [-0.1, -0.05) is 0 Å². The standard InChI is InChI=1S/C19H25N7O/c1-12(2)26-14(4)22-15-10-21-18(9-16(15)26)23-17-5-6-20-19(24-17)25-7-8-27-11-13(25)3/h5-6,9-10,12-13H,7-8,11H2,1-4H3,(H,20,21,23,24)/t13-/m1/s1. The lowest BCUT2D eigenvalue weighted by molar-refractivity contribution is 0.0981. The van der Waals surface area contributed by atoms with Gasteiger partial charge in [-0.3, -0.25) is 0 Å². The molecule has 0 bridgehead atoms. The van der Waals surface area contributed by atoms with Crippen LogP contribution >= 0.6 is 0 Å². The number of fused-ring (bicyclic) bond motifs is 1. The van der Waals surface area contributed by atoms with Gasteiger partial charge in [0.15, 0.2) is 0 Å². The van der Waals surface area contributed by atoms with E-state index < -0.39 is 0 Å². The van der Waals surface area contributed by atoms with Crippen molar-refractivity contribution in [2.75, 3.05) is 30.0 Å². The first-order chi connectivity index (χ1) is 13.0. The van der Waals surface area contributed by atoms with Gasteiger partial charge < -0.3 is 19.5 Å². The fourth-order valence-corrected chi connectivity index (χ4v) is 3.55. The van der Waals surface area contributed by atoms with Gasteiger partial charge in [0, 0.05) is 24.8 Å². The van der Waals surface area contributed by atoms with Gasteiger partial charge in [-0.05, 0) is 33.8 Å². The summed E-state index contributed by atoms with van der Waals surface area (Å²) in [4.78, 5) is 20.4. The molecule has 0 unspecified atom stereocenters. The van der Waals surface area contributed by atoms with Gasteiger partial charge in [0.1, 0.15) is 23.0 Å². The molecule has 3 aromatic rings. The van der Waals surface area contributed by atoms with Crippen LogP contribution in [-0.4, -0.2) is 50.3 Å². The molecule has 142 valence electrons. The number of aromatic nitrogens is 5. The molecule has 27 heavy (non-hydrogen) atoms. The van der Waals surface area contributed by atoms with Crippen LogP contribution in [0, 0.1) is 6.92 Å². The van der Waals surface area contributed by atoms with Crippen LogP contribution in [0.25, 0.3) is 11.0 Å². The third kappa shape index (κ3) is 3.44. The Morgan fingerprint density at radius 1 is 1.22 bits per heavy atom. The number of nitrogens with zero attached hydrogens (tertiary/aromatic N) is 6. The summed E-state index contributed by atoms with van der Waals surface area (Å²) in [6, 6.07) is 4.46. The number of imidazole rings is 1. The number of nitrogens with one attached hydrogen (secondary N) is 1. The summed E-state index contributed by atoms with van der Waals surface area (Å²) >= 11 is 0. The zero-order chi connectivity index (χ0) is 19.0. The maximum absolute atomic E-state index is 5.50. The van der Waals surface area contributed by atoms with E-state index in [0.717, 1.165) is 35.0 Å². The average molecular weight is 367 g/mol. The zero-order valence-corrected chi connectivity index (χ0v) is 16.2. The van der Waals surface area contributed by atoms with E-state index in [9.17, 15) is 0 Å². The molecule has 1 fully saturated rings. The van der Waals surface area contributed by atoms with Crippen molar-refractivity contribution >= 4 is 28.6 Å². The number of ether oxygens (including phenoxy) is 1. The highest BCUT2D eigenvalue weighted by Gasteiger charge is 2.21. The Bertz CT molecular complexity index is 952. The SMILES string of the molecule is Cc1nc2cnc(Nc3ccnc(N4CCOC[C@H]4C)n3)cc2n1C(C)C. The second-order valence-corrected chi connectivity index (χ2v) is 7.17. The van der Waals surface area contributed by atoms with E-state index in [1.54, 1.807) is 12.4 Å². The molecule has 8 heteroatoms. The number of rotatable bonds is 4. The van der Waals surface area contributed by atoms with E-state index in [-0.39, 0.29) is 6.04 Å². The molecule has 4 heterocycles. The minimum atomic E-state index is 0.256. The molecule has 0 radical (unpaired) electrons. The van der Waals surface area contributed by atoms with Crippen LogP contribution in [0.5, 0.6) is 0 Å². The minimum Gasteiger partial charge on any atom is -0.377 e. The molecule has 0 saturated carbocycles. The molecule has 8 nitrogen and oxygen atoms in total. The summed E-state index contributed by atoms with van der Waals surface area (Å²) in [5.41, 5.74) is 1.97. The Morgan fingerprint density at radius 3 is 2.85 bits per heavy atom. The van der Waals surface area contributed by atoms with Gasteiger partial charge >= 0.3 is 0 Å². The van der Waals surface area contributed by atoms with Gasteiger partial charge in [-0.25, -0.2) is 15.0 Å². The molecular formula is C19H25N7O. The highest BCUT2D eigenvalue weighted by atomic mass is 16.5. The monoisotopic (exact) mass is 367 g/mol. The first kappa shape index (κ1) is 17.7. The first-order valence-corrected chi connectivity index (χ1v) is 9.32. The summed E-state index contributed by atoms with van der Waals surface area (Å²) in [5.74, 6) is 3.16. The van der Waals surface area contributed by atoms with Crippen molar-refractivity contribution in [3.63, 3.8) is 0 Å². The van der Waals surface area contributed by atoms with Crippen LogP contribution in [0.15, 0.2) is 24.5 Å². The number of aryl methyl sites for hydroxylation is 1. The summed E-state index contributed by atoms with van der Waals surface area (Å²) in [7, 11) is 0. The molecule has 1 saturated heterocycles. The van der Waals surface area contributed by atoms with Crippen LogP contribution in [0.3, 0.4) is 0 Å². The Kier molecular flexibility index (Phi) is 4.65. The highest BCUT2D eigenvalue weighted by Crippen LogP contribution is 2.24. The lowest BCUT2D eigenvalue weighted by Crippen LogP contribution is -2.44. The Morgan fingerprint density at radius 2 is 2.07 bits per heavy atom. The molecule has 0 aromatic carbocycles. The maximum Gasteiger partial charge on any atom is 0.227 e. The number of anilines is 3. The number of hydrogen-bond donors (Lipinski definition) is 1. The Hall–Kier alpha value is -2.74. The van der Waals surface area contributed by atoms with Crippen molar-refractivity contribution in [2.45, 2.75) is 39.8 Å². The second-order valence-electron chi connectivity index (χ2n) is 7.17. The predicted octanol–water partition coefficient (Wildman–Crippen LogP) is 3.08. The molecule has 4 rings (SSSR count). The van der Waals surface area contributed by atoms with Gasteiger partial charge in [-0.15, -0.1) is 0 Å². The summed E-state index contributed by atoms with van der Waals surface area (Å²) in [5, 5.41) is 3.30. The van der Waals surface area contributed by atoms with Gasteiger partial charge in [0.2, 0.25) is 5.95 Å². The van der Waals surface area contributed by atoms with Crippen LogP contribution in [0.4, 0.5) is 17.6 Å². The van der Waals surface area contributed by atoms with Crippen molar-refractivity contribution in [3.05, 3.63) is 30.4 Å². The van der Waals surface area contributed by atoms with Crippen molar-refractivity contribution in [2.24, 2.45) is 0 Å².